The molecule has 1 rings (SSSR count). The molecule has 1 N–H and O–H groups in total. The Labute approximate surface area is 123 Å². The fraction of sp³-hybridized carbons (Fsp3) is 0.600. The van der Waals surface area contributed by atoms with Crippen molar-refractivity contribution in [3.8, 4) is 0 Å². The molecule has 0 unspecified atom stereocenters. The van der Waals surface area contributed by atoms with Gasteiger partial charge in [0.05, 0.1) is 5.69 Å². The highest BCUT2D eigenvalue weighted by atomic mass is 19.4. The topological polar surface area (TPSA) is 15.8 Å². The van der Waals surface area contributed by atoms with E-state index in [9.17, 15) is 57.1 Å². The van der Waals surface area contributed by atoms with E-state index < -0.39 is 41.5 Å². The molecule has 0 fully saturated rings. The van der Waals surface area contributed by atoms with E-state index in [0.717, 1.165) is 0 Å². The molecule has 0 spiro atoms. The van der Waals surface area contributed by atoms with Crippen molar-refractivity contribution in [3.63, 3.8) is 0 Å². The highest BCUT2D eigenvalue weighted by Crippen LogP contribution is 2.61. The summed E-state index contributed by atoms with van der Waals surface area (Å²) < 4.78 is 166. The molecule has 0 aromatic carbocycles. The fourth-order valence-electron chi connectivity index (χ4n) is 1.46. The van der Waals surface area contributed by atoms with E-state index in [1.54, 1.807) is 0 Å². The van der Waals surface area contributed by atoms with Crippen LogP contribution in [0.1, 0.15) is 5.69 Å². The van der Waals surface area contributed by atoms with E-state index in [1.807, 2.05) is 0 Å². The summed E-state index contributed by atoms with van der Waals surface area (Å²) in [5.74, 6) is -36.9. The van der Waals surface area contributed by atoms with E-state index in [2.05, 4.69) is 0 Å². The average molecular weight is 385 g/mol. The monoisotopic (exact) mass is 385 g/mol. The van der Waals surface area contributed by atoms with Crippen molar-refractivity contribution < 1.29 is 57.1 Å². The molecule has 0 bridgehead atoms. The predicted molar refractivity (Wildman–Crippen MR) is 50.5 cm³/mol. The number of nitrogens with one attached hydrogen (secondary N) is 1. The molecule has 1 heterocycles. The van der Waals surface area contributed by atoms with Crippen LogP contribution in [-0.2, 0) is 5.92 Å². The number of H-pyrrole nitrogens is 1. The second-order valence-electron chi connectivity index (χ2n) is 4.45. The molecule has 0 saturated carbocycles. The van der Waals surface area contributed by atoms with E-state index in [-0.39, 0.29) is 6.07 Å². The van der Waals surface area contributed by atoms with Crippen LogP contribution in [0, 0.1) is 0 Å². The Morgan fingerprint density at radius 1 is 0.583 bits per heavy atom. The lowest BCUT2D eigenvalue weighted by atomic mass is 9.92. The minimum absolute atomic E-state index is 0.0179. The SMILES string of the molecule is FC(F)(F)C(F)(F)C(F)(F)C(F)(F)C(F)(F)C(F)(F)c1ccc[nH]1. The molecule has 24 heavy (non-hydrogen) atoms. The minimum Gasteiger partial charge on any atom is -0.360 e. The van der Waals surface area contributed by atoms with Crippen LogP contribution < -0.4 is 0 Å². The molecule has 1 aromatic rings. The summed E-state index contributed by atoms with van der Waals surface area (Å²) in [4.78, 5) is 1.26. The van der Waals surface area contributed by atoms with Gasteiger partial charge in [0, 0.05) is 6.20 Å². The Morgan fingerprint density at radius 2 is 1.00 bits per heavy atom. The van der Waals surface area contributed by atoms with Crippen LogP contribution in [0.2, 0.25) is 0 Å². The maximum atomic E-state index is 13.4. The summed E-state index contributed by atoms with van der Waals surface area (Å²) in [6.45, 7) is 0. The van der Waals surface area contributed by atoms with Crippen LogP contribution in [0.4, 0.5) is 57.1 Å². The zero-order chi connectivity index (χ0) is 19.4. The molecular weight excluding hydrogens is 381 g/mol. The van der Waals surface area contributed by atoms with Gasteiger partial charge in [0.25, 0.3) is 0 Å². The van der Waals surface area contributed by atoms with Crippen LogP contribution in [0.15, 0.2) is 18.3 Å². The molecule has 14 heteroatoms. The van der Waals surface area contributed by atoms with E-state index >= 15 is 0 Å². The molecular formula is C10H4F13N. The Bertz CT molecular complexity index is 568. The number of hydrogen-bond acceptors (Lipinski definition) is 0. The van der Waals surface area contributed by atoms with Gasteiger partial charge in [-0.3, -0.25) is 0 Å². The van der Waals surface area contributed by atoms with Crippen molar-refractivity contribution in [2.75, 3.05) is 0 Å². The third-order valence-electron chi connectivity index (χ3n) is 2.87. The molecule has 1 nitrogen and oxygen atoms in total. The van der Waals surface area contributed by atoms with Gasteiger partial charge in [0.2, 0.25) is 0 Å². The van der Waals surface area contributed by atoms with E-state index in [1.165, 1.54) is 4.98 Å². The quantitative estimate of drug-likeness (QED) is 0.670. The van der Waals surface area contributed by atoms with Crippen molar-refractivity contribution in [1.29, 1.82) is 0 Å². The number of hydrogen-bond donors (Lipinski definition) is 1. The molecule has 140 valence electrons. The molecule has 0 radical (unpaired) electrons. The standard InChI is InChI=1S/C10H4F13N/c11-5(12,4-2-1-3-24-4)6(13,14)7(15,16)8(17,18)9(19,20)10(21,22)23/h1-3,24H. The van der Waals surface area contributed by atoms with Crippen molar-refractivity contribution in [2.45, 2.75) is 35.8 Å². The number of alkyl halides is 13. The third-order valence-corrected chi connectivity index (χ3v) is 2.87. The van der Waals surface area contributed by atoms with Gasteiger partial charge in [0.15, 0.2) is 0 Å². The van der Waals surface area contributed by atoms with Crippen LogP contribution in [0.5, 0.6) is 0 Å². The average Bonchev–Trinajstić information content (AvgIpc) is 2.90. The first-order chi connectivity index (χ1) is 10.4. The number of aromatic amines is 1. The number of rotatable bonds is 5. The van der Waals surface area contributed by atoms with Gasteiger partial charge in [-0.15, -0.1) is 0 Å². The van der Waals surface area contributed by atoms with Crippen LogP contribution in [0.25, 0.3) is 0 Å². The lowest BCUT2D eigenvalue weighted by Gasteiger charge is -2.39. The summed E-state index contributed by atoms with van der Waals surface area (Å²) in [6.07, 6.45) is -6.93. The van der Waals surface area contributed by atoms with Crippen molar-refractivity contribution in [1.82, 2.24) is 4.98 Å². The highest BCUT2D eigenvalue weighted by Gasteiger charge is 2.91. The Kier molecular flexibility index (Phi) is 4.41. The normalized spacial score (nSPS) is 15.7. The highest BCUT2D eigenvalue weighted by molar-refractivity contribution is 5.19. The zero-order valence-electron chi connectivity index (χ0n) is 10.6. The Balaban J connectivity index is 3.51. The predicted octanol–water partition coefficient (Wildman–Crippen LogP) is 5.21. The summed E-state index contributed by atoms with van der Waals surface area (Å²) in [6, 6.07) is 0.559. The molecule has 0 aliphatic carbocycles. The fourth-order valence-corrected chi connectivity index (χ4v) is 1.46. The van der Waals surface area contributed by atoms with Crippen LogP contribution in [0.3, 0.4) is 0 Å². The van der Waals surface area contributed by atoms with Gasteiger partial charge in [-0.1, -0.05) is 0 Å². The lowest BCUT2D eigenvalue weighted by molar-refractivity contribution is -0.442. The maximum absolute atomic E-state index is 13.4. The Morgan fingerprint density at radius 3 is 1.33 bits per heavy atom. The molecule has 0 aliphatic heterocycles. The summed E-state index contributed by atoms with van der Waals surface area (Å²) in [5.41, 5.74) is -2.10. The summed E-state index contributed by atoms with van der Waals surface area (Å²) in [7, 11) is 0. The maximum Gasteiger partial charge on any atom is 0.460 e. The molecule has 0 saturated heterocycles. The van der Waals surface area contributed by atoms with Gasteiger partial charge < -0.3 is 4.98 Å². The minimum atomic E-state index is -7.88. The first-order valence-electron chi connectivity index (χ1n) is 5.45. The second-order valence-corrected chi connectivity index (χ2v) is 4.45. The first-order valence-corrected chi connectivity index (χ1v) is 5.45. The zero-order valence-corrected chi connectivity index (χ0v) is 10.6. The smallest absolute Gasteiger partial charge is 0.360 e. The van der Waals surface area contributed by atoms with E-state index in [0.29, 0.717) is 12.3 Å². The number of aromatic nitrogens is 1. The third kappa shape index (κ3) is 2.41. The first kappa shape index (κ1) is 20.4. The van der Waals surface area contributed by atoms with Gasteiger partial charge in [-0.2, -0.15) is 57.1 Å². The molecule has 0 atom stereocenters. The number of halogens is 13. The van der Waals surface area contributed by atoms with Gasteiger partial charge in [-0.05, 0) is 12.1 Å². The van der Waals surface area contributed by atoms with Crippen molar-refractivity contribution in [2.24, 2.45) is 0 Å². The summed E-state index contributed by atoms with van der Waals surface area (Å²) >= 11 is 0. The van der Waals surface area contributed by atoms with Crippen LogP contribution >= 0.6 is 0 Å². The van der Waals surface area contributed by atoms with E-state index in [4.69, 9.17) is 0 Å². The van der Waals surface area contributed by atoms with Crippen molar-refractivity contribution in [3.05, 3.63) is 24.0 Å². The van der Waals surface area contributed by atoms with Crippen LogP contribution in [-0.4, -0.2) is 34.9 Å². The molecule has 0 aliphatic rings. The Hall–Kier alpha value is -1.63. The lowest BCUT2D eigenvalue weighted by Crippen LogP contribution is -2.69. The van der Waals surface area contributed by atoms with Gasteiger partial charge >= 0.3 is 35.8 Å². The largest absolute Gasteiger partial charge is 0.460 e. The van der Waals surface area contributed by atoms with Gasteiger partial charge in [-0.25, -0.2) is 0 Å². The second kappa shape index (κ2) is 5.18. The molecule has 1 aromatic heterocycles. The molecule has 0 amide bonds. The van der Waals surface area contributed by atoms with Gasteiger partial charge in [0.1, 0.15) is 0 Å². The summed E-state index contributed by atoms with van der Waals surface area (Å²) in [5, 5.41) is 0. The van der Waals surface area contributed by atoms with Crippen molar-refractivity contribution >= 4 is 0 Å².